The fourth-order valence-corrected chi connectivity index (χ4v) is 4.39. The molecule has 2 atom stereocenters. The molecule has 1 aliphatic rings. The highest BCUT2D eigenvalue weighted by molar-refractivity contribution is 8.00. The van der Waals surface area contributed by atoms with Crippen molar-refractivity contribution in [2.24, 2.45) is 0 Å². The van der Waals surface area contributed by atoms with Gasteiger partial charge in [0, 0.05) is 11.3 Å². The highest BCUT2D eigenvalue weighted by Crippen LogP contribution is 2.31. The van der Waals surface area contributed by atoms with Crippen molar-refractivity contribution in [3.63, 3.8) is 0 Å². The number of hydrogen-bond donors (Lipinski definition) is 1. The maximum atomic E-state index is 12.0. The van der Waals surface area contributed by atoms with E-state index >= 15 is 0 Å². The van der Waals surface area contributed by atoms with Gasteiger partial charge in [-0.1, -0.05) is 26.0 Å². The van der Waals surface area contributed by atoms with E-state index in [2.05, 4.69) is 12.2 Å². The summed E-state index contributed by atoms with van der Waals surface area (Å²) in [6.45, 7) is 3.87. The van der Waals surface area contributed by atoms with E-state index in [-0.39, 0.29) is 5.75 Å². The minimum atomic E-state index is -3.16. The molecular formula is C13H19NO2S2. The zero-order valence-corrected chi connectivity index (χ0v) is 12.4. The number of sulfone groups is 1. The van der Waals surface area contributed by atoms with Gasteiger partial charge in [-0.2, -0.15) is 11.8 Å². The van der Waals surface area contributed by atoms with E-state index in [1.54, 1.807) is 19.1 Å². The lowest BCUT2D eigenvalue weighted by atomic mass is 10.1. The number of nitrogens with one attached hydrogen (secondary N) is 1. The minimum absolute atomic E-state index is 0.140. The Kier molecular flexibility index (Phi) is 4.22. The topological polar surface area (TPSA) is 46.2 Å². The third-order valence-corrected chi connectivity index (χ3v) is 6.43. The second kappa shape index (κ2) is 5.53. The fourth-order valence-electron chi connectivity index (χ4n) is 2.13. The Bertz CT molecular complexity index is 513. The van der Waals surface area contributed by atoms with E-state index in [1.807, 2.05) is 23.9 Å². The predicted molar refractivity (Wildman–Crippen MR) is 78.1 cm³/mol. The van der Waals surface area contributed by atoms with Crippen molar-refractivity contribution < 1.29 is 8.42 Å². The van der Waals surface area contributed by atoms with Gasteiger partial charge >= 0.3 is 0 Å². The SMILES string of the molecule is CCS(=O)(=O)c1ccccc1NC1CCSC1C. The number of hydrogen-bond acceptors (Lipinski definition) is 4. The van der Waals surface area contributed by atoms with Gasteiger partial charge in [0.1, 0.15) is 0 Å². The van der Waals surface area contributed by atoms with Crippen molar-refractivity contribution in [2.75, 3.05) is 16.8 Å². The highest BCUT2D eigenvalue weighted by Gasteiger charge is 2.25. The Morgan fingerprint density at radius 1 is 1.39 bits per heavy atom. The van der Waals surface area contributed by atoms with Gasteiger partial charge in [0.25, 0.3) is 0 Å². The van der Waals surface area contributed by atoms with Crippen LogP contribution in [0.3, 0.4) is 0 Å². The maximum absolute atomic E-state index is 12.0. The minimum Gasteiger partial charge on any atom is -0.380 e. The third kappa shape index (κ3) is 2.83. The van der Waals surface area contributed by atoms with Crippen LogP contribution in [-0.4, -0.2) is 31.2 Å². The molecule has 0 amide bonds. The Hall–Kier alpha value is -0.680. The van der Waals surface area contributed by atoms with E-state index in [4.69, 9.17) is 0 Å². The number of rotatable bonds is 4. The lowest BCUT2D eigenvalue weighted by molar-refractivity contribution is 0.597. The molecule has 1 aromatic carbocycles. The predicted octanol–water partition coefficient (Wildman–Crippen LogP) is 2.79. The molecule has 0 spiro atoms. The van der Waals surface area contributed by atoms with Crippen molar-refractivity contribution in [3.05, 3.63) is 24.3 Å². The molecule has 18 heavy (non-hydrogen) atoms. The summed E-state index contributed by atoms with van der Waals surface area (Å²) in [5, 5.41) is 3.93. The summed E-state index contributed by atoms with van der Waals surface area (Å²) in [5.74, 6) is 1.28. The average molecular weight is 285 g/mol. The van der Waals surface area contributed by atoms with Crippen LogP contribution in [0.1, 0.15) is 20.3 Å². The molecule has 3 nitrogen and oxygen atoms in total. The van der Waals surface area contributed by atoms with Crippen LogP contribution in [0.2, 0.25) is 0 Å². The van der Waals surface area contributed by atoms with Gasteiger partial charge in [-0.15, -0.1) is 0 Å². The third-order valence-electron chi connectivity index (χ3n) is 3.32. The first-order chi connectivity index (χ1) is 8.54. The van der Waals surface area contributed by atoms with Crippen molar-refractivity contribution in [2.45, 2.75) is 36.5 Å². The molecule has 0 aromatic heterocycles. The molecular weight excluding hydrogens is 266 g/mol. The Morgan fingerprint density at radius 2 is 2.11 bits per heavy atom. The van der Waals surface area contributed by atoms with E-state index in [9.17, 15) is 8.42 Å². The van der Waals surface area contributed by atoms with Crippen LogP contribution in [0.15, 0.2) is 29.2 Å². The molecule has 0 aliphatic carbocycles. The van der Waals surface area contributed by atoms with E-state index in [0.29, 0.717) is 16.2 Å². The lowest BCUT2D eigenvalue weighted by Gasteiger charge is -2.20. The summed E-state index contributed by atoms with van der Waals surface area (Å²) < 4.78 is 24.1. The maximum Gasteiger partial charge on any atom is 0.180 e. The smallest absolute Gasteiger partial charge is 0.180 e. The first kappa shape index (κ1) is 13.7. The molecule has 1 heterocycles. The van der Waals surface area contributed by atoms with Gasteiger partial charge < -0.3 is 5.32 Å². The molecule has 1 fully saturated rings. The van der Waals surface area contributed by atoms with Gasteiger partial charge in [0.2, 0.25) is 0 Å². The standard InChI is InChI=1S/C13H19NO2S2/c1-3-18(15,16)13-7-5-4-6-12(13)14-11-8-9-17-10(11)2/h4-7,10-11,14H,3,8-9H2,1-2H3. The van der Waals surface area contributed by atoms with Crippen LogP contribution in [0.25, 0.3) is 0 Å². The summed E-state index contributed by atoms with van der Waals surface area (Å²) in [6.07, 6.45) is 1.09. The van der Waals surface area contributed by atoms with Gasteiger partial charge in [0.05, 0.1) is 16.3 Å². The van der Waals surface area contributed by atoms with Crippen LogP contribution >= 0.6 is 11.8 Å². The Balaban J connectivity index is 2.28. The first-order valence-electron chi connectivity index (χ1n) is 6.24. The summed E-state index contributed by atoms with van der Waals surface area (Å²) in [4.78, 5) is 0.427. The first-order valence-corrected chi connectivity index (χ1v) is 8.94. The summed E-state index contributed by atoms with van der Waals surface area (Å²) in [7, 11) is -3.16. The second-order valence-electron chi connectivity index (χ2n) is 4.51. The van der Waals surface area contributed by atoms with Crippen molar-refractivity contribution in [3.8, 4) is 0 Å². The normalized spacial score (nSPS) is 24.1. The molecule has 1 saturated heterocycles. The number of anilines is 1. The zero-order chi connectivity index (χ0) is 13.2. The van der Waals surface area contributed by atoms with Crippen molar-refractivity contribution in [1.29, 1.82) is 0 Å². The molecule has 1 aromatic rings. The van der Waals surface area contributed by atoms with Crippen LogP contribution in [0.5, 0.6) is 0 Å². The monoisotopic (exact) mass is 285 g/mol. The van der Waals surface area contributed by atoms with Gasteiger partial charge in [0.15, 0.2) is 9.84 Å². The average Bonchev–Trinajstić information content (AvgIpc) is 2.76. The highest BCUT2D eigenvalue weighted by atomic mass is 32.2. The number of para-hydroxylation sites is 1. The molecule has 5 heteroatoms. The molecule has 2 unspecified atom stereocenters. The summed E-state index contributed by atoms with van der Waals surface area (Å²) in [6, 6.07) is 7.57. The fraction of sp³-hybridized carbons (Fsp3) is 0.538. The van der Waals surface area contributed by atoms with Crippen LogP contribution < -0.4 is 5.32 Å². The molecule has 0 bridgehead atoms. The van der Waals surface area contributed by atoms with Crippen molar-refractivity contribution >= 4 is 27.3 Å². The van der Waals surface area contributed by atoms with Gasteiger partial charge in [-0.05, 0) is 24.3 Å². The number of thioether (sulfide) groups is 1. The molecule has 2 rings (SSSR count). The summed E-state index contributed by atoms with van der Waals surface area (Å²) in [5.41, 5.74) is 0.749. The Morgan fingerprint density at radius 3 is 2.72 bits per heavy atom. The quantitative estimate of drug-likeness (QED) is 0.924. The molecule has 1 aliphatic heterocycles. The van der Waals surface area contributed by atoms with Crippen LogP contribution in [-0.2, 0) is 9.84 Å². The molecule has 0 radical (unpaired) electrons. The lowest BCUT2D eigenvalue weighted by Crippen LogP contribution is -2.25. The van der Waals surface area contributed by atoms with Gasteiger partial charge in [-0.25, -0.2) is 8.42 Å². The Labute approximate surface area is 113 Å². The summed E-state index contributed by atoms with van der Waals surface area (Å²) >= 11 is 1.93. The van der Waals surface area contributed by atoms with Crippen molar-refractivity contribution in [1.82, 2.24) is 0 Å². The largest absolute Gasteiger partial charge is 0.380 e. The van der Waals surface area contributed by atoms with Crippen LogP contribution in [0, 0.1) is 0 Å². The molecule has 0 saturated carbocycles. The van der Waals surface area contributed by atoms with Crippen LogP contribution in [0.4, 0.5) is 5.69 Å². The number of benzene rings is 1. The second-order valence-corrected chi connectivity index (χ2v) is 8.25. The molecule has 100 valence electrons. The van der Waals surface area contributed by atoms with E-state index in [0.717, 1.165) is 17.9 Å². The van der Waals surface area contributed by atoms with Gasteiger partial charge in [-0.3, -0.25) is 0 Å². The molecule has 1 N–H and O–H groups in total. The van der Waals surface area contributed by atoms with E-state index < -0.39 is 9.84 Å². The zero-order valence-electron chi connectivity index (χ0n) is 10.7. The van der Waals surface area contributed by atoms with E-state index in [1.165, 1.54) is 0 Å².